The lowest BCUT2D eigenvalue weighted by Crippen LogP contribution is -2.48. The summed E-state index contributed by atoms with van der Waals surface area (Å²) in [5.74, 6) is -0.643. The zero-order valence-corrected chi connectivity index (χ0v) is 12.2. The number of aliphatic hydroxyl groups excluding tert-OH is 1. The number of nitrogens with zero attached hydrogens (tertiary/aromatic N) is 1. The van der Waals surface area contributed by atoms with E-state index in [-0.39, 0.29) is 18.9 Å². The van der Waals surface area contributed by atoms with Gasteiger partial charge in [-0.05, 0) is 19.1 Å². The molecule has 0 bridgehead atoms. The van der Waals surface area contributed by atoms with Gasteiger partial charge in [0, 0.05) is 18.7 Å². The van der Waals surface area contributed by atoms with Gasteiger partial charge in [-0.15, -0.1) is 0 Å². The number of anilines is 1. The highest BCUT2D eigenvalue weighted by molar-refractivity contribution is 5.95. The van der Waals surface area contributed by atoms with E-state index in [1.807, 2.05) is 18.2 Å². The summed E-state index contributed by atoms with van der Waals surface area (Å²) in [6, 6.07) is 7.99. The molecule has 0 aliphatic carbocycles. The van der Waals surface area contributed by atoms with E-state index in [2.05, 4.69) is 5.32 Å². The molecule has 0 radical (unpaired) electrons. The average molecular weight is 292 g/mol. The molecule has 1 fully saturated rings. The number of carbonyl (C=O) groups is 2. The van der Waals surface area contributed by atoms with Crippen molar-refractivity contribution < 1.29 is 19.4 Å². The molecule has 1 saturated heterocycles. The lowest BCUT2D eigenvalue weighted by Gasteiger charge is -2.27. The van der Waals surface area contributed by atoms with Gasteiger partial charge in [0.05, 0.1) is 19.3 Å². The molecule has 0 aromatic heterocycles. The van der Waals surface area contributed by atoms with Gasteiger partial charge in [0.25, 0.3) is 0 Å². The van der Waals surface area contributed by atoms with Crippen LogP contribution in [-0.2, 0) is 14.3 Å². The number of nitrogens with one attached hydrogen (secondary N) is 1. The van der Waals surface area contributed by atoms with Crippen LogP contribution >= 0.6 is 0 Å². The molecule has 0 spiro atoms. The van der Waals surface area contributed by atoms with E-state index in [0.717, 1.165) is 0 Å². The van der Waals surface area contributed by atoms with E-state index in [1.54, 1.807) is 24.0 Å². The van der Waals surface area contributed by atoms with Crippen molar-refractivity contribution in [3.8, 4) is 0 Å². The molecule has 6 nitrogen and oxygen atoms in total. The maximum Gasteiger partial charge on any atom is 0.323 e. The standard InChI is InChI=1S/C15H20N2O4/c1-10(14(19)16-11-6-4-3-5-7-11)17-9-12(18)8-13(17)15(20)21-2/h3-7,10,12-13,18H,8-9H2,1-2H3,(H,16,19). The van der Waals surface area contributed by atoms with Gasteiger partial charge in [-0.1, -0.05) is 18.2 Å². The highest BCUT2D eigenvalue weighted by Gasteiger charge is 2.41. The van der Waals surface area contributed by atoms with Gasteiger partial charge >= 0.3 is 5.97 Å². The molecule has 6 heteroatoms. The summed E-state index contributed by atoms with van der Waals surface area (Å²) in [6.07, 6.45) is -0.337. The smallest absolute Gasteiger partial charge is 0.323 e. The van der Waals surface area contributed by atoms with Gasteiger partial charge in [-0.25, -0.2) is 0 Å². The Balaban J connectivity index is 2.05. The van der Waals surface area contributed by atoms with E-state index < -0.39 is 24.2 Å². The van der Waals surface area contributed by atoms with Crippen LogP contribution in [0.2, 0.25) is 0 Å². The third-order valence-corrected chi connectivity index (χ3v) is 3.71. The van der Waals surface area contributed by atoms with Crippen molar-refractivity contribution in [1.29, 1.82) is 0 Å². The van der Waals surface area contributed by atoms with Gasteiger partial charge in [0.2, 0.25) is 5.91 Å². The second-order valence-corrected chi connectivity index (χ2v) is 5.16. The Kier molecular flexibility index (Phi) is 4.93. The number of aliphatic hydroxyl groups is 1. The Hall–Kier alpha value is -1.92. The fourth-order valence-electron chi connectivity index (χ4n) is 2.55. The van der Waals surface area contributed by atoms with Crippen LogP contribution in [0.4, 0.5) is 5.69 Å². The first kappa shape index (κ1) is 15.5. The molecule has 2 N–H and O–H groups in total. The number of ether oxygens (including phenoxy) is 1. The number of likely N-dealkylation sites (tertiary alicyclic amines) is 1. The molecule has 21 heavy (non-hydrogen) atoms. The minimum absolute atomic E-state index is 0.218. The van der Waals surface area contributed by atoms with Crippen molar-refractivity contribution >= 4 is 17.6 Å². The fourth-order valence-corrected chi connectivity index (χ4v) is 2.55. The number of hydrogen-bond donors (Lipinski definition) is 2. The average Bonchev–Trinajstić information content (AvgIpc) is 2.88. The van der Waals surface area contributed by atoms with Gasteiger partial charge in [-0.2, -0.15) is 0 Å². The molecule has 3 atom stereocenters. The third-order valence-electron chi connectivity index (χ3n) is 3.71. The number of amides is 1. The summed E-state index contributed by atoms with van der Waals surface area (Å²) in [5.41, 5.74) is 0.698. The molecule has 1 heterocycles. The highest BCUT2D eigenvalue weighted by Crippen LogP contribution is 2.22. The van der Waals surface area contributed by atoms with E-state index in [0.29, 0.717) is 5.69 Å². The van der Waals surface area contributed by atoms with Crippen LogP contribution in [0.3, 0.4) is 0 Å². The minimum Gasteiger partial charge on any atom is -0.468 e. The third kappa shape index (κ3) is 3.59. The molecular weight excluding hydrogens is 272 g/mol. The van der Waals surface area contributed by atoms with Crippen molar-refractivity contribution in [3.05, 3.63) is 30.3 Å². The monoisotopic (exact) mass is 292 g/mol. The maximum atomic E-state index is 12.3. The Morgan fingerprint density at radius 2 is 2.05 bits per heavy atom. The Bertz CT molecular complexity index is 506. The molecule has 114 valence electrons. The van der Waals surface area contributed by atoms with E-state index in [9.17, 15) is 14.7 Å². The van der Waals surface area contributed by atoms with Crippen molar-refractivity contribution in [3.63, 3.8) is 0 Å². The normalized spacial score (nSPS) is 23.6. The molecule has 1 aromatic rings. The molecule has 1 aliphatic heterocycles. The van der Waals surface area contributed by atoms with Crippen molar-refractivity contribution in [2.24, 2.45) is 0 Å². The summed E-state index contributed by atoms with van der Waals surface area (Å²) in [5, 5.41) is 12.6. The number of β-amino-alcohol motifs (C(OH)–C–C–N with tert-alkyl or cyclic N) is 1. The first-order valence-corrected chi connectivity index (χ1v) is 6.90. The second-order valence-electron chi connectivity index (χ2n) is 5.16. The lowest BCUT2D eigenvalue weighted by molar-refractivity contribution is -0.147. The van der Waals surface area contributed by atoms with Crippen LogP contribution in [0.25, 0.3) is 0 Å². The lowest BCUT2D eigenvalue weighted by atomic mass is 10.1. The summed E-state index contributed by atoms with van der Waals surface area (Å²) >= 11 is 0. The summed E-state index contributed by atoms with van der Waals surface area (Å²) in [7, 11) is 1.31. The maximum absolute atomic E-state index is 12.3. The number of benzene rings is 1. The first-order chi connectivity index (χ1) is 10.0. The van der Waals surface area contributed by atoms with Crippen LogP contribution in [0.5, 0.6) is 0 Å². The van der Waals surface area contributed by atoms with E-state index >= 15 is 0 Å². The second kappa shape index (κ2) is 6.69. The van der Waals surface area contributed by atoms with Crippen LogP contribution in [-0.4, -0.2) is 53.7 Å². The number of methoxy groups -OCH3 is 1. The predicted octanol–water partition coefficient (Wildman–Crippen LogP) is 0.622. The predicted molar refractivity (Wildman–Crippen MR) is 77.7 cm³/mol. The Morgan fingerprint density at radius 3 is 2.67 bits per heavy atom. The molecule has 2 rings (SSSR count). The summed E-state index contributed by atoms with van der Waals surface area (Å²) in [6.45, 7) is 2.00. The highest BCUT2D eigenvalue weighted by atomic mass is 16.5. The van der Waals surface area contributed by atoms with Crippen molar-refractivity contribution in [2.45, 2.75) is 31.5 Å². The number of esters is 1. The number of hydrogen-bond acceptors (Lipinski definition) is 5. The zero-order valence-electron chi connectivity index (χ0n) is 12.2. The zero-order chi connectivity index (χ0) is 15.4. The summed E-state index contributed by atoms with van der Waals surface area (Å²) < 4.78 is 4.74. The molecule has 3 unspecified atom stereocenters. The molecule has 0 saturated carbocycles. The Morgan fingerprint density at radius 1 is 1.38 bits per heavy atom. The number of carbonyl (C=O) groups excluding carboxylic acids is 2. The quantitative estimate of drug-likeness (QED) is 0.796. The minimum atomic E-state index is -0.624. The van der Waals surface area contributed by atoms with Gasteiger partial charge in [0.1, 0.15) is 6.04 Å². The molecular formula is C15H20N2O4. The van der Waals surface area contributed by atoms with Crippen LogP contribution < -0.4 is 5.32 Å². The summed E-state index contributed by atoms with van der Waals surface area (Å²) in [4.78, 5) is 25.7. The van der Waals surface area contributed by atoms with Crippen LogP contribution in [0.1, 0.15) is 13.3 Å². The SMILES string of the molecule is COC(=O)C1CC(O)CN1C(C)C(=O)Nc1ccccc1. The van der Waals surface area contributed by atoms with Crippen molar-refractivity contribution in [1.82, 2.24) is 4.90 Å². The topological polar surface area (TPSA) is 78.9 Å². The van der Waals surface area contributed by atoms with Gasteiger partial charge in [0.15, 0.2) is 0 Å². The van der Waals surface area contributed by atoms with Crippen LogP contribution in [0.15, 0.2) is 30.3 Å². The molecule has 1 amide bonds. The Labute approximate surface area is 123 Å². The van der Waals surface area contributed by atoms with Crippen molar-refractivity contribution in [2.75, 3.05) is 19.0 Å². The van der Waals surface area contributed by atoms with Gasteiger partial charge < -0.3 is 15.2 Å². The molecule has 1 aromatic carbocycles. The van der Waals surface area contributed by atoms with E-state index in [1.165, 1.54) is 7.11 Å². The van der Waals surface area contributed by atoms with E-state index in [4.69, 9.17) is 4.74 Å². The number of para-hydroxylation sites is 1. The van der Waals surface area contributed by atoms with Gasteiger partial charge in [-0.3, -0.25) is 14.5 Å². The fraction of sp³-hybridized carbons (Fsp3) is 0.467. The van der Waals surface area contributed by atoms with Crippen LogP contribution in [0, 0.1) is 0 Å². The largest absolute Gasteiger partial charge is 0.468 e. The molecule has 1 aliphatic rings. The first-order valence-electron chi connectivity index (χ1n) is 6.90. The number of rotatable bonds is 4.